The van der Waals surface area contributed by atoms with Gasteiger partial charge in [0.1, 0.15) is 0 Å². The number of nitrogens with one attached hydrogen (secondary N) is 1. The molecule has 0 radical (unpaired) electrons. The van der Waals surface area contributed by atoms with Crippen LogP contribution in [0, 0.1) is 0 Å². The summed E-state index contributed by atoms with van der Waals surface area (Å²) in [6.07, 6.45) is 4.66. The van der Waals surface area contributed by atoms with E-state index in [1.807, 2.05) is 24.3 Å². The topological polar surface area (TPSA) is 50.7 Å². The van der Waals surface area contributed by atoms with Crippen LogP contribution in [-0.2, 0) is 15.1 Å². The maximum absolute atomic E-state index is 11.3. The molecule has 0 amide bonds. The van der Waals surface area contributed by atoms with Crippen molar-refractivity contribution < 1.29 is 14.6 Å². The first-order valence-electron chi connectivity index (χ1n) is 7.79. The van der Waals surface area contributed by atoms with Crippen molar-refractivity contribution in [2.45, 2.75) is 56.1 Å². The van der Waals surface area contributed by atoms with Gasteiger partial charge in [0.25, 0.3) is 0 Å². The van der Waals surface area contributed by atoms with Gasteiger partial charge in [0.2, 0.25) is 0 Å². The Labute approximate surface area is 126 Å². The van der Waals surface area contributed by atoms with Crippen LogP contribution in [0.2, 0.25) is 0 Å². The lowest BCUT2D eigenvalue weighted by Crippen LogP contribution is -2.54. The molecule has 0 aliphatic carbocycles. The molecule has 0 spiro atoms. The van der Waals surface area contributed by atoms with Crippen LogP contribution in [0.15, 0.2) is 24.3 Å². The predicted molar refractivity (Wildman–Crippen MR) is 80.9 cm³/mol. The zero-order valence-corrected chi connectivity index (χ0v) is 12.8. The standard InChI is InChI=1S/C17H25NO3/c1-20-16(21-2)14-8-3-4-9-15(14)17(19)10-12-6-5-7-13(11-17)18-12/h3-4,8-9,12-13,16,18-19H,5-7,10-11H2,1-2H3. The number of hydrogen-bond acceptors (Lipinski definition) is 4. The summed E-state index contributed by atoms with van der Waals surface area (Å²) in [7, 11) is 3.26. The van der Waals surface area contributed by atoms with Gasteiger partial charge in [0.15, 0.2) is 6.29 Å². The maximum Gasteiger partial charge on any atom is 0.183 e. The molecule has 116 valence electrons. The summed E-state index contributed by atoms with van der Waals surface area (Å²) in [4.78, 5) is 0. The first-order valence-corrected chi connectivity index (χ1v) is 7.79. The minimum Gasteiger partial charge on any atom is -0.385 e. The van der Waals surface area contributed by atoms with Crippen molar-refractivity contribution in [2.75, 3.05) is 14.2 Å². The van der Waals surface area contributed by atoms with Crippen molar-refractivity contribution in [2.24, 2.45) is 0 Å². The Kier molecular flexibility index (Phi) is 4.31. The van der Waals surface area contributed by atoms with Crippen LogP contribution in [0.25, 0.3) is 0 Å². The monoisotopic (exact) mass is 291 g/mol. The molecule has 3 rings (SSSR count). The number of methoxy groups -OCH3 is 2. The fourth-order valence-electron chi connectivity index (χ4n) is 4.03. The van der Waals surface area contributed by atoms with E-state index < -0.39 is 11.9 Å². The summed E-state index contributed by atoms with van der Waals surface area (Å²) in [5.41, 5.74) is 1.11. The van der Waals surface area contributed by atoms with E-state index in [0.29, 0.717) is 12.1 Å². The summed E-state index contributed by atoms with van der Waals surface area (Å²) < 4.78 is 10.8. The molecule has 2 aliphatic rings. The molecular formula is C17H25NO3. The molecule has 2 aliphatic heterocycles. The van der Waals surface area contributed by atoms with E-state index in [-0.39, 0.29) is 0 Å². The van der Waals surface area contributed by atoms with E-state index in [0.717, 1.165) is 36.8 Å². The molecule has 4 heteroatoms. The zero-order chi connectivity index (χ0) is 14.9. The molecule has 2 saturated heterocycles. The Hall–Kier alpha value is -0.940. The van der Waals surface area contributed by atoms with Crippen molar-refractivity contribution in [3.63, 3.8) is 0 Å². The third-order valence-corrected chi connectivity index (χ3v) is 4.89. The van der Waals surface area contributed by atoms with Gasteiger partial charge in [-0.25, -0.2) is 0 Å². The van der Waals surface area contributed by atoms with E-state index in [1.165, 1.54) is 6.42 Å². The van der Waals surface area contributed by atoms with E-state index in [9.17, 15) is 5.11 Å². The Bertz CT molecular complexity index is 475. The van der Waals surface area contributed by atoms with Crippen LogP contribution in [0.5, 0.6) is 0 Å². The summed E-state index contributed by atoms with van der Waals surface area (Å²) in [5, 5.41) is 14.9. The van der Waals surface area contributed by atoms with Gasteiger partial charge in [0.05, 0.1) is 5.60 Å². The number of hydrogen-bond donors (Lipinski definition) is 2. The predicted octanol–water partition coefficient (Wildman–Crippen LogP) is 2.47. The van der Waals surface area contributed by atoms with Crippen molar-refractivity contribution in [3.05, 3.63) is 35.4 Å². The van der Waals surface area contributed by atoms with Crippen LogP contribution in [0.3, 0.4) is 0 Å². The molecule has 21 heavy (non-hydrogen) atoms. The maximum atomic E-state index is 11.3. The van der Waals surface area contributed by atoms with E-state index in [2.05, 4.69) is 5.32 Å². The highest BCUT2D eigenvalue weighted by atomic mass is 16.7. The molecule has 4 nitrogen and oxygen atoms in total. The largest absolute Gasteiger partial charge is 0.385 e. The molecule has 2 atom stereocenters. The molecule has 2 unspecified atom stereocenters. The van der Waals surface area contributed by atoms with Gasteiger partial charge in [-0.15, -0.1) is 0 Å². The number of benzene rings is 1. The van der Waals surface area contributed by atoms with Gasteiger partial charge in [-0.1, -0.05) is 30.7 Å². The SMILES string of the molecule is COC(OC)c1ccccc1C1(O)CC2CCCC(C1)N2. The van der Waals surface area contributed by atoms with Crippen LogP contribution >= 0.6 is 0 Å². The molecule has 2 N–H and O–H groups in total. The lowest BCUT2D eigenvalue weighted by molar-refractivity contribution is -0.110. The highest BCUT2D eigenvalue weighted by molar-refractivity contribution is 5.34. The minimum atomic E-state index is -0.785. The zero-order valence-electron chi connectivity index (χ0n) is 12.8. The van der Waals surface area contributed by atoms with Crippen molar-refractivity contribution in [1.82, 2.24) is 5.32 Å². The molecular weight excluding hydrogens is 266 g/mol. The fourth-order valence-corrected chi connectivity index (χ4v) is 4.03. The Morgan fingerprint density at radius 1 is 1.14 bits per heavy atom. The molecule has 2 bridgehead atoms. The number of ether oxygens (including phenoxy) is 2. The van der Waals surface area contributed by atoms with Crippen LogP contribution in [0.4, 0.5) is 0 Å². The Morgan fingerprint density at radius 2 is 1.76 bits per heavy atom. The van der Waals surface area contributed by atoms with Crippen LogP contribution < -0.4 is 5.32 Å². The quantitative estimate of drug-likeness (QED) is 0.837. The fraction of sp³-hybridized carbons (Fsp3) is 0.647. The molecule has 1 aromatic carbocycles. The van der Waals surface area contributed by atoms with Crippen molar-refractivity contribution in [3.8, 4) is 0 Å². The molecule has 0 saturated carbocycles. The average Bonchev–Trinajstić information content (AvgIpc) is 2.48. The van der Waals surface area contributed by atoms with Crippen molar-refractivity contribution in [1.29, 1.82) is 0 Å². The van der Waals surface area contributed by atoms with Gasteiger partial charge < -0.3 is 19.9 Å². The summed E-state index contributed by atoms with van der Waals surface area (Å²) >= 11 is 0. The van der Waals surface area contributed by atoms with Gasteiger partial charge in [-0.2, -0.15) is 0 Å². The van der Waals surface area contributed by atoms with Crippen LogP contribution in [-0.4, -0.2) is 31.4 Å². The first kappa shape index (κ1) is 15.0. The molecule has 2 fully saturated rings. The molecule has 0 aromatic heterocycles. The smallest absolute Gasteiger partial charge is 0.183 e. The number of aliphatic hydroxyl groups is 1. The van der Waals surface area contributed by atoms with Gasteiger partial charge in [-0.3, -0.25) is 0 Å². The molecule has 1 aromatic rings. The lowest BCUT2D eigenvalue weighted by atomic mass is 9.73. The van der Waals surface area contributed by atoms with Crippen LogP contribution in [0.1, 0.15) is 49.5 Å². The second-order valence-electron chi connectivity index (χ2n) is 6.32. The minimum absolute atomic E-state index is 0.416. The Morgan fingerprint density at radius 3 is 2.38 bits per heavy atom. The van der Waals surface area contributed by atoms with E-state index >= 15 is 0 Å². The average molecular weight is 291 g/mol. The van der Waals surface area contributed by atoms with Crippen molar-refractivity contribution >= 4 is 0 Å². The number of fused-ring (bicyclic) bond motifs is 2. The third kappa shape index (κ3) is 2.86. The van der Waals surface area contributed by atoms with Gasteiger partial charge in [-0.05, 0) is 31.2 Å². The lowest BCUT2D eigenvalue weighted by Gasteiger charge is -2.46. The number of piperidine rings is 2. The third-order valence-electron chi connectivity index (χ3n) is 4.89. The first-order chi connectivity index (χ1) is 10.2. The highest BCUT2D eigenvalue weighted by Gasteiger charge is 2.43. The second-order valence-corrected chi connectivity index (χ2v) is 6.32. The van der Waals surface area contributed by atoms with E-state index in [1.54, 1.807) is 14.2 Å². The second kappa shape index (κ2) is 6.05. The van der Waals surface area contributed by atoms with Gasteiger partial charge in [0, 0.05) is 31.9 Å². The summed E-state index contributed by atoms with van der Waals surface area (Å²) in [6, 6.07) is 8.79. The molecule has 2 heterocycles. The highest BCUT2D eigenvalue weighted by Crippen LogP contribution is 2.42. The summed E-state index contributed by atoms with van der Waals surface area (Å²) in [5.74, 6) is 0. The normalized spacial score (nSPS) is 32.4. The summed E-state index contributed by atoms with van der Waals surface area (Å²) in [6.45, 7) is 0. The Balaban J connectivity index is 1.95. The number of rotatable bonds is 4. The van der Waals surface area contributed by atoms with Gasteiger partial charge >= 0.3 is 0 Å². The van der Waals surface area contributed by atoms with E-state index in [4.69, 9.17) is 9.47 Å².